The van der Waals surface area contributed by atoms with Gasteiger partial charge in [-0.05, 0) is 18.9 Å². The SMILES string of the molecule is CCC(=O)N1CCCC(C(=O)OCC(=O)Nc2ccc([N+](=O)[O-])cc2Cl)C1. The van der Waals surface area contributed by atoms with Gasteiger partial charge >= 0.3 is 5.97 Å². The molecule has 1 N–H and O–H groups in total. The van der Waals surface area contributed by atoms with E-state index < -0.39 is 29.3 Å². The van der Waals surface area contributed by atoms with E-state index in [1.54, 1.807) is 11.8 Å². The quantitative estimate of drug-likeness (QED) is 0.447. The number of ether oxygens (including phenoxy) is 1. The van der Waals surface area contributed by atoms with Crippen molar-refractivity contribution < 1.29 is 24.0 Å². The highest BCUT2D eigenvalue weighted by molar-refractivity contribution is 6.34. The van der Waals surface area contributed by atoms with Gasteiger partial charge in [-0.15, -0.1) is 0 Å². The molecule has 1 aromatic carbocycles. The Hall–Kier alpha value is -2.68. The summed E-state index contributed by atoms with van der Waals surface area (Å²) in [6.07, 6.45) is 1.68. The Balaban J connectivity index is 1.85. The van der Waals surface area contributed by atoms with Gasteiger partial charge in [0.05, 0.1) is 21.6 Å². The fourth-order valence-electron chi connectivity index (χ4n) is 2.78. The first kappa shape index (κ1) is 20.6. The second-order valence-corrected chi connectivity index (χ2v) is 6.52. The van der Waals surface area contributed by atoms with Crippen molar-refractivity contribution in [1.29, 1.82) is 0 Å². The van der Waals surface area contributed by atoms with Crippen LogP contribution in [0.25, 0.3) is 0 Å². The maximum atomic E-state index is 12.2. The zero-order chi connectivity index (χ0) is 20.0. The van der Waals surface area contributed by atoms with E-state index >= 15 is 0 Å². The molecule has 2 rings (SSSR count). The van der Waals surface area contributed by atoms with Crippen LogP contribution in [0.4, 0.5) is 11.4 Å². The monoisotopic (exact) mass is 397 g/mol. The number of nitro benzene ring substituents is 1. The first-order valence-electron chi connectivity index (χ1n) is 8.50. The molecule has 0 aliphatic carbocycles. The van der Waals surface area contributed by atoms with Gasteiger partial charge in [-0.1, -0.05) is 18.5 Å². The molecule has 9 nitrogen and oxygen atoms in total. The van der Waals surface area contributed by atoms with Crippen LogP contribution in [0.15, 0.2) is 18.2 Å². The van der Waals surface area contributed by atoms with Crippen molar-refractivity contribution >= 4 is 40.8 Å². The van der Waals surface area contributed by atoms with Gasteiger partial charge in [-0.2, -0.15) is 0 Å². The van der Waals surface area contributed by atoms with Crippen molar-refractivity contribution in [3.63, 3.8) is 0 Å². The van der Waals surface area contributed by atoms with Crippen LogP contribution in [0, 0.1) is 16.0 Å². The first-order chi connectivity index (χ1) is 12.8. The lowest BCUT2D eigenvalue weighted by atomic mass is 9.98. The molecule has 10 heteroatoms. The van der Waals surface area contributed by atoms with Crippen molar-refractivity contribution in [2.75, 3.05) is 25.0 Å². The molecule has 1 aromatic rings. The van der Waals surface area contributed by atoms with Gasteiger partial charge in [-0.25, -0.2) is 0 Å². The average molecular weight is 398 g/mol. The molecule has 146 valence electrons. The van der Waals surface area contributed by atoms with E-state index in [0.29, 0.717) is 32.4 Å². The van der Waals surface area contributed by atoms with Crippen LogP contribution in [0.5, 0.6) is 0 Å². The Morgan fingerprint density at radius 1 is 1.41 bits per heavy atom. The van der Waals surface area contributed by atoms with E-state index in [1.165, 1.54) is 12.1 Å². The van der Waals surface area contributed by atoms with Crippen molar-refractivity contribution in [1.82, 2.24) is 4.90 Å². The van der Waals surface area contributed by atoms with Crippen molar-refractivity contribution in [2.45, 2.75) is 26.2 Å². The zero-order valence-corrected chi connectivity index (χ0v) is 15.5. The second kappa shape index (κ2) is 9.31. The number of nitro groups is 1. The molecule has 0 saturated carbocycles. The van der Waals surface area contributed by atoms with Crippen LogP contribution < -0.4 is 5.32 Å². The number of hydrogen-bond acceptors (Lipinski definition) is 6. The Morgan fingerprint density at radius 2 is 2.15 bits per heavy atom. The molecule has 0 radical (unpaired) electrons. The third-order valence-electron chi connectivity index (χ3n) is 4.19. The van der Waals surface area contributed by atoms with Gasteiger partial charge < -0.3 is 15.0 Å². The van der Waals surface area contributed by atoms with E-state index in [-0.39, 0.29) is 22.3 Å². The Labute approximate surface area is 160 Å². The fraction of sp³-hybridized carbons (Fsp3) is 0.471. The molecule has 1 aliphatic heterocycles. The maximum absolute atomic E-state index is 12.2. The number of carbonyl (C=O) groups is 3. The normalized spacial score (nSPS) is 16.5. The van der Waals surface area contributed by atoms with Crippen LogP contribution in [0.3, 0.4) is 0 Å². The highest BCUT2D eigenvalue weighted by Gasteiger charge is 2.29. The van der Waals surface area contributed by atoms with Gasteiger partial charge in [0.25, 0.3) is 11.6 Å². The topological polar surface area (TPSA) is 119 Å². The molecule has 27 heavy (non-hydrogen) atoms. The number of non-ortho nitro benzene ring substituents is 1. The standard InChI is InChI=1S/C17H20ClN3O6/c1-2-16(23)20-7-3-4-11(9-20)17(24)27-10-15(22)19-14-6-5-12(21(25)26)8-13(14)18/h5-6,8,11H,2-4,7,9-10H2,1H3,(H,19,22). The number of anilines is 1. The van der Waals surface area contributed by atoms with E-state index in [9.17, 15) is 24.5 Å². The van der Waals surface area contributed by atoms with Crippen LogP contribution in [-0.4, -0.2) is 47.3 Å². The van der Waals surface area contributed by atoms with Gasteiger partial charge in [0.1, 0.15) is 0 Å². The number of nitrogens with zero attached hydrogens (tertiary/aromatic N) is 2. The second-order valence-electron chi connectivity index (χ2n) is 6.11. The summed E-state index contributed by atoms with van der Waals surface area (Å²) < 4.78 is 5.04. The van der Waals surface area contributed by atoms with Crippen LogP contribution in [-0.2, 0) is 19.1 Å². The molecule has 2 amide bonds. The molecule has 1 atom stereocenters. The number of esters is 1. The third kappa shape index (κ3) is 5.65. The van der Waals surface area contributed by atoms with Gasteiger partial charge in [0.2, 0.25) is 5.91 Å². The summed E-state index contributed by atoms with van der Waals surface area (Å²) in [5.41, 5.74) is -0.0198. The van der Waals surface area contributed by atoms with E-state index in [4.69, 9.17) is 16.3 Å². The minimum Gasteiger partial charge on any atom is -0.455 e. The molecule has 1 unspecified atom stereocenters. The Kier molecular flexibility index (Phi) is 7.12. The minimum atomic E-state index is -0.614. The minimum absolute atomic E-state index is 0.00452. The summed E-state index contributed by atoms with van der Waals surface area (Å²) in [5, 5.41) is 13.1. The lowest BCUT2D eigenvalue weighted by Gasteiger charge is -2.31. The fourth-order valence-corrected chi connectivity index (χ4v) is 3.00. The molecular weight excluding hydrogens is 378 g/mol. The molecule has 1 fully saturated rings. The summed E-state index contributed by atoms with van der Waals surface area (Å²) >= 11 is 5.90. The van der Waals surface area contributed by atoms with Crippen molar-refractivity contribution in [2.24, 2.45) is 5.92 Å². The maximum Gasteiger partial charge on any atom is 0.311 e. The summed E-state index contributed by atoms with van der Waals surface area (Å²) in [4.78, 5) is 47.6. The van der Waals surface area contributed by atoms with Crippen LogP contribution >= 0.6 is 11.6 Å². The Morgan fingerprint density at radius 3 is 2.78 bits per heavy atom. The largest absolute Gasteiger partial charge is 0.455 e. The number of carbonyl (C=O) groups excluding carboxylic acids is 3. The average Bonchev–Trinajstić information content (AvgIpc) is 2.66. The van der Waals surface area contributed by atoms with Crippen molar-refractivity contribution in [3.8, 4) is 0 Å². The van der Waals surface area contributed by atoms with Crippen LogP contribution in [0.1, 0.15) is 26.2 Å². The lowest BCUT2D eigenvalue weighted by Crippen LogP contribution is -2.42. The zero-order valence-electron chi connectivity index (χ0n) is 14.8. The molecule has 1 aliphatic rings. The lowest BCUT2D eigenvalue weighted by molar-refractivity contribution is -0.384. The van der Waals surface area contributed by atoms with Crippen molar-refractivity contribution in [3.05, 3.63) is 33.3 Å². The third-order valence-corrected chi connectivity index (χ3v) is 4.51. The van der Waals surface area contributed by atoms with Crippen LogP contribution in [0.2, 0.25) is 5.02 Å². The van der Waals surface area contributed by atoms with E-state index in [0.717, 1.165) is 6.07 Å². The number of nitrogens with one attached hydrogen (secondary N) is 1. The first-order valence-corrected chi connectivity index (χ1v) is 8.87. The van der Waals surface area contributed by atoms with E-state index in [2.05, 4.69) is 5.32 Å². The molecule has 1 heterocycles. The number of likely N-dealkylation sites (tertiary alicyclic amines) is 1. The number of amides is 2. The highest BCUT2D eigenvalue weighted by atomic mass is 35.5. The van der Waals surface area contributed by atoms with Gasteiger partial charge in [-0.3, -0.25) is 24.5 Å². The van der Waals surface area contributed by atoms with Gasteiger partial charge in [0, 0.05) is 31.6 Å². The van der Waals surface area contributed by atoms with E-state index in [1.807, 2.05) is 0 Å². The molecule has 0 spiro atoms. The summed E-state index contributed by atoms with van der Waals surface area (Å²) in [5.74, 6) is -1.62. The molecule has 0 aromatic heterocycles. The summed E-state index contributed by atoms with van der Waals surface area (Å²) in [6, 6.07) is 3.62. The highest BCUT2D eigenvalue weighted by Crippen LogP contribution is 2.26. The number of halogens is 1. The molecule has 1 saturated heterocycles. The summed E-state index contributed by atoms with van der Waals surface area (Å²) in [6.45, 7) is 2.17. The number of benzene rings is 1. The van der Waals surface area contributed by atoms with Gasteiger partial charge in [0.15, 0.2) is 6.61 Å². The molecular formula is C17H20ClN3O6. The number of rotatable bonds is 6. The predicted octanol–water partition coefficient (Wildman–Crippen LogP) is 2.38. The number of piperidine rings is 1. The smallest absolute Gasteiger partial charge is 0.311 e. The predicted molar refractivity (Wildman–Crippen MR) is 97.3 cm³/mol. The molecule has 0 bridgehead atoms. The summed E-state index contributed by atoms with van der Waals surface area (Å²) in [7, 11) is 0. The Bertz CT molecular complexity index is 754. The number of hydrogen-bond donors (Lipinski definition) is 1.